The zero-order valence-electron chi connectivity index (χ0n) is 6.48. The molecule has 0 aliphatic carbocycles. The van der Waals surface area contributed by atoms with Gasteiger partial charge in [0.25, 0.3) is 0 Å². The van der Waals surface area contributed by atoms with Crippen LogP contribution in [0.1, 0.15) is 0 Å². The van der Waals surface area contributed by atoms with Crippen LogP contribution in [0.25, 0.3) is 0 Å². The minimum atomic E-state index is -2.05. The molecule has 0 heterocycles. The van der Waals surface area contributed by atoms with Crippen LogP contribution >= 0.6 is 11.8 Å². The molecule has 3 nitrogen and oxygen atoms in total. The number of alkyl halides is 1. The topological polar surface area (TPSA) is 57.5 Å². The van der Waals surface area contributed by atoms with Crippen LogP contribution in [0.15, 0.2) is 29.2 Å². The molecule has 0 saturated carbocycles. The van der Waals surface area contributed by atoms with E-state index in [2.05, 4.69) is 0 Å². The van der Waals surface area contributed by atoms with Crippen LogP contribution in [0.3, 0.4) is 0 Å². The van der Waals surface area contributed by atoms with Gasteiger partial charge in [-0.15, -0.1) is 0 Å². The molecule has 0 spiro atoms. The van der Waals surface area contributed by atoms with E-state index in [0.717, 1.165) is 0 Å². The second kappa shape index (κ2) is 4.13. The number of rotatable bonds is 3. The number of aromatic hydroxyl groups is 1. The highest BCUT2D eigenvalue weighted by atomic mass is 32.2. The van der Waals surface area contributed by atoms with Crippen LogP contribution in [0, 0.1) is 0 Å². The highest BCUT2D eigenvalue weighted by Gasteiger charge is 2.18. The molecule has 0 aliphatic rings. The standard InChI is InChI=1S/C8H7FO3S/c9-7(8(11)12)13-6-4-2-1-3-5(6)10/h1-4,7,10H,(H,11,12). The molecule has 1 unspecified atom stereocenters. The minimum Gasteiger partial charge on any atom is -0.507 e. The first-order valence-corrected chi connectivity index (χ1v) is 4.31. The first kappa shape index (κ1) is 9.85. The van der Waals surface area contributed by atoms with Gasteiger partial charge in [0.05, 0.1) is 4.90 Å². The number of aliphatic carboxylic acids is 1. The fourth-order valence-corrected chi connectivity index (χ4v) is 1.39. The normalized spacial score (nSPS) is 12.4. The number of phenolic OH excluding ortho intramolecular Hbond substituents is 1. The third kappa shape index (κ3) is 2.62. The van der Waals surface area contributed by atoms with Crippen molar-refractivity contribution in [2.75, 3.05) is 0 Å². The van der Waals surface area contributed by atoms with Crippen LogP contribution in [0.5, 0.6) is 5.75 Å². The summed E-state index contributed by atoms with van der Waals surface area (Å²) in [5.74, 6) is -1.66. The van der Waals surface area contributed by atoms with Crippen molar-refractivity contribution in [3.63, 3.8) is 0 Å². The van der Waals surface area contributed by atoms with Crippen LogP contribution in [0.2, 0.25) is 0 Å². The summed E-state index contributed by atoms with van der Waals surface area (Å²) in [6.07, 6.45) is 0. The Balaban J connectivity index is 2.74. The zero-order chi connectivity index (χ0) is 9.84. The Morgan fingerprint density at radius 1 is 1.46 bits per heavy atom. The second-order valence-electron chi connectivity index (χ2n) is 2.24. The predicted molar refractivity (Wildman–Crippen MR) is 46.5 cm³/mol. The van der Waals surface area contributed by atoms with Crippen molar-refractivity contribution in [1.82, 2.24) is 0 Å². The van der Waals surface area contributed by atoms with E-state index in [1.807, 2.05) is 0 Å². The molecule has 0 fully saturated rings. The SMILES string of the molecule is O=C(O)C(F)Sc1ccccc1O. The number of carbonyl (C=O) groups is 1. The molecule has 70 valence electrons. The van der Waals surface area contributed by atoms with E-state index in [1.165, 1.54) is 12.1 Å². The van der Waals surface area contributed by atoms with Gasteiger partial charge in [0, 0.05) is 0 Å². The summed E-state index contributed by atoms with van der Waals surface area (Å²) >= 11 is 0.462. The lowest BCUT2D eigenvalue weighted by Gasteiger charge is -2.04. The van der Waals surface area contributed by atoms with Gasteiger partial charge in [0.1, 0.15) is 5.75 Å². The van der Waals surface area contributed by atoms with Gasteiger partial charge >= 0.3 is 5.97 Å². The van der Waals surface area contributed by atoms with Gasteiger partial charge in [-0.05, 0) is 12.1 Å². The molecule has 0 bridgehead atoms. The summed E-state index contributed by atoms with van der Waals surface area (Å²) < 4.78 is 12.6. The predicted octanol–water partition coefficient (Wildman–Crippen LogP) is 1.86. The third-order valence-corrected chi connectivity index (χ3v) is 2.30. The highest BCUT2D eigenvalue weighted by molar-refractivity contribution is 8.00. The molecule has 0 amide bonds. The van der Waals surface area contributed by atoms with Crippen molar-refractivity contribution in [2.24, 2.45) is 0 Å². The monoisotopic (exact) mass is 202 g/mol. The van der Waals surface area contributed by atoms with Crippen LogP contribution in [-0.4, -0.2) is 21.7 Å². The van der Waals surface area contributed by atoms with Crippen molar-refractivity contribution in [3.05, 3.63) is 24.3 Å². The van der Waals surface area contributed by atoms with E-state index in [0.29, 0.717) is 11.8 Å². The van der Waals surface area contributed by atoms with Gasteiger partial charge < -0.3 is 10.2 Å². The molecule has 1 aromatic rings. The van der Waals surface area contributed by atoms with Gasteiger partial charge in [-0.25, -0.2) is 9.18 Å². The van der Waals surface area contributed by atoms with Crippen molar-refractivity contribution >= 4 is 17.7 Å². The lowest BCUT2D eigenvalue weighted by molar-refractivity contribution is -0.139. The smallest absolute Gasteiger partial charge is 0.349 e. The van der Waals surface area contributed by atoms with Crippen molar-refractivity contribution in [1.29, 1.82) is 0 Å². The highest BCUT2D eigenvalue weighted by Crippen LogP contribution is 2.31. The average molecular weight is 202 g/mol. The maximum absolute atomic E-state index is 12.6. The van der Waals surface area contributed by atoms with Crippen molar-refractivity contribution in [3.8, 4) is 5.75 Å². The van der Waals surface area contributed by atoms with Crippen molar-refractivity contribution in [2.45, 2.75) is 10.4 Å². The molecule has 0 aromatic heterocycles. The zero-order valence-corrected chi connectivity index (χ0v) is 7.29. The molecular weight excluding hydrogens is 195 g/mol. The summed E-state index contributed by atoms with van der Waals surface area (Å²) in [5.41, 5.74) is -2.05. The molecule has 0 saturated heterocycles. The molecule has 1 atom stereocenters. The Hall–Kier alpha value is -1.23. The maximum atomic E-state index is 12.6. The molecular formula is C8H7FO3S. The number of halogens is 1. The number of carboxylic acid groups (broad SMARTS) is 1. The number of para-hydroxylation sites is 1. The summed E-state index contributed by atoms with van der Waals surface area (Å²) in [4.78, 5) is 10.4. The van der Waals surface area contributed by atoms with Gasteiger partial charge in [-0.3, -0.25) is 0 Å². The first-order chi connectivity index (χ1) is 6.11. The Morgan fingerprint density at radius 2 is 2.08 bits per heavy atom. The molecule has 5 heteroatoms. The van der Waals surface area contributed by atoms with E-state index in [1.54, 1.807) is 12.1 Å². The van der Waals surface area contributed by atoms with E-state index in [9.17, 15) is 9.18 Å². The third-order valence-electron chi connectivity index (χ3n) is 1.29. The lowest BCUT2D eigenvalue weighted by Crippen LogP contribution is -2.09. The fraction of sp³-hybridized carbons (Fsp3) is 0.125. The Morgan fingerprint density at radius 3 is 2.62 bits per heavy atom. The van der Waals surface area contributed by atoms with Gasteiger partial charge in [0.2, 0.25) is 5.50 Å². The summed E-state index contributed by atoms with van der Waals surface area (Å²) in [6.45, 7) is 0. The van der Waals surface area contributed by atoms with Crippen LogP contribution in [-0.2, 0) is 4.79 Å². The fourth-order valence-electron chi connectivity index (χ4n) is 0.719. The largest absolute Gasteiger partial charge is 0.507 e. The number of hydrogen-bond acceptors (Lipinski definition) is 3. The number of phenols is 1. The summed E-state index contributed by atoms with van der Waals surface area (Å²) in [7, 11) is 0. The number of hydrogen-bond donors (Lipinski definition) is 2. The first-order valence-electron chi connectivity index (χ1n) is 3.43. The molecule has 1 rings (SSSR count). The Labute approximate surface area is 78.2 Å². The second-order valence-corrected chi connectivity index (χ2v) is 3.33. The molecule has 0 aliphatic heterocycles. The van der Waals surface area contributed by atoms with E-state index in [-0.39, 0.29) is 10.6 Å². The Bertz CT molecular complexity index is 316. The molecule has 2 N–H and O–H groups in total. The number of thioether (sulfide) groups is 1. The van der Waals surface area contributed by atoms with E-state index < -0.39 is 11.5 Å². The summed E-state index contributed by atoms with van der Waals surface area (Å²) in [5, 5.41) is 17.4. The summed E-state index contributed by atoms with van der Waals surface area (Å²) in [6, 6.07) is 6.00. The Kier molecular flexibility index (Phi) is 3.13. The van der Waals surface area contributed by atoms with Crippen LogP contribution in [0.4, 0.5) is 4.39 Å². The maximum Gasteiger partial charge on any atom is 0.349 e. The van der Waals surface area contributed by atoms with E-state index in [4.69, 9.17) is 10.2 Å². The lowest BCUT2D eigenvalue weighted by atomic mass is 10.3. The van der Waals surface area contributed by atoms with Gasteiger partial charge in [-0.1, -0.05) is 23.9 Å². The number of carboxylic acids is 1. The van der Waals surface area contributed by atoms with Gasteiger partial charge in [0.15, 0.2) is 0 Å². The molecule has 1 aromatic carbocycles. The average Bonchev–Trinajstić information content (AvgIpc) is 2.08. The van der Waals surface area contributed by atoms with Crippen molar-refractivity contribution < 1.29 is 19.4 Å². The number of benzene rings is 1. The minimum absolute atomic E-state index is 0.114. The van der Waals surface area contributed by atoms with Crippen LogP contribution < -0.4 is 0 Å². The molecule has 13 heavy (non-hydrogen) atoms. The van der Waals surface area contributed by atoms with Gasteiger partial charge in [-0.2, -0.15) is 0 Å². The quantitative estimate of drug-likeness (QED) is 0.734. The van der Waals surface area contributed by atoms with E-state index >= 15 is 0 Å². The molecule has 0 radical (unpaired) electrons.